The molecule has 0 bridgehead atoms. The highest BCUT2D eigenvalue weighted by Crippen LogP contribution is 2.48. The first kappa shape index (κ1) is 19.4. The summed E-state index contributed by atoms with van der Waals surface area (Å²) in [5.41, 5.74) is 2.10. The van der Waals surface area contributed by atoms with Gasteiger partial charge in [-0.05, 0) is 42.7 Å². The third-order valence-corrected chi connectivity index (χ3v) is 5.34. The number of aromatic nitrogens is 3. The summed E-state index contributed by atoms with van der Waals surface area (Å²) < 4.78 is 5.29. The first-order valence-electron chi connectivity index (χ1n) is 9.63. The van der Waals surface area contributed by atoms with Crippen molar-refractivity contribution in [2.45, 2.75) is 24.7 Å². The maximum Gasteiger partial charge on any atom is 0.276 e. The molecule has 2 heterocycles. The molecule has 150 valence electrons. The van der Waals surface area contributed by atoms with Gasteiger partial charge in [0.1, 0.15) is 5.69 Å². The highest BCUT2D eigenvalue weighted by molar-refractivity contribution is 6.30. The van der Waals surface area contributed by atoms with Gasteiger partial charge >= 0.3 is 0 Å². The molecule has 29 heavy (non-hydrogen) atoms. The van der Waals surface area contributed by atoms with Crippen LogP contribution in [0.15, 0.2) is 58.2 Å². The number of nitrogens with zero attached hydrogens (tertiary/aromatic N) is 4. The second kappa shape index (κ2) is 8.61. The third kappa shape index (κ3) is 4.74. The van der Waals surface area contributed by atoms with Gasteiger partial charge in [0.25, 0.3) is 5.89 Å². The number of pyridine rings is 1. The molecule has 3 aromatic rings. The van der Waals surface area contributed by atoms with Gasteiger partial charge in [-0.3, -0.25) is 9.98 Å². The van der Waals surface area contributed by atoms with Crippen molar-refractivity contribution in [3.8, 4) is 11.6 Å². The van der Waals surface area contributed by atoms with Gasteiger partial charge in [-0.15, -0.1) is 0 Å². The summed E-state index contributed by atoms with van der Waals surface area (Å²) in [5, 5.41) is 11.5. The molecule has 8 heteroatoms. The van der Waals surface area contributed by atoms with E-state index in [9.17, 15) is 0 Å². The maximum atomic E-state index is 6.16. The molecule has 4 rings (SSSR count). The number of hydrogen-bond donors (Lipinski definition) is 2. The maximum absolute atomic E-state index is 6.16. The van der Waals surface area contributed by atoms with Crippen molar-refractivity contribution < 1.29 is 4.52 Å². The summed E-state index contributed by atoms with van der Waals surface area (Å²) >= 11 is 6.16. The Hall–Kier alpha value is -2.93. The topological polar surface area (TPSA) is 88.2 Å². The number of hydrogen-bond acceptors (Lipinski definition) is 5. The monoisotopic (exact) mass is 410 g/mol. The Morgan fingerprint density at radius 2 is 2.10 bits per heavy atom. The van der Waals surface area contributed by atoms with Crippen LogP contribution in [0.2, 0.25) is 5.02 Å². The van der Waals surface area contributed by atoms with Crippen LogP contribution >= 0.6 is 11.6 Å². The molecule has 2 aromatic heterocycles. The van der Waals surface area contributed by atoms with Crippen LogP contribution in [0.3, 0.4) is 0 Å². The molecule has 1 aliphatic rings. The van der Waals surface area contributed by atoms with E-state index in [-0.39, 0.29) is 5.41 Å². The van der Waals surface area contributed by atoms with Crippen LogP contribution in [0.25, 0.3) is 11.6 Å². The quantitative estimate of drug-likeness (QED) is 0.459. The van der Waals surface area contributed by atoms with E-state index < -0.39 is 0 Å². The lowest BCUT2D eigenvalue weighted by molar-refractivity contribution is 0.421. The summed E-state index contributed by atoms with van der Waals surface area (Å²) in [7, 11) is 1.77. The molecule has 0 spiro atoms. The van der Waals surface area contributed by atoms with E-state index >= 15 is 0 Å². The van der Waals surface area contributed by atoms with Crippen LogP contribution in [0.5, 0.6) is 0 Å². The first-order valence-corrected chi connectivity index (χ1v) is 10.0. The van der Waals surface area contributed by atoms with Crippen LogP contribution in [0.1, 0.15) is 24.2 Å². The molecule has 0 atom stereocenters. The van der Waals surface area contributed by atoms with E-state index in [4.69, 9.17) is 16.1 Å². The fourth-order valence-electron chi connectivity index (χ4n) is 3.25. The van der Waals surface area contributed by atoms with Crippen molar-refractivity contribution >= 4 is 17.6 Å². The van der Waals surface area contributed by atoms with Gasteiger partial charge in [-0.2, -0.15) is 4.98 Å². The van der Waals surface area contributed by atoms with Crippen LogP contribution in [0, 0.1) is 0 Å². The molecule has 0 saturated heterocycles. The lowest BCUT2D eigenvalue weighted by atomic mass is 9.96. The van der Waals surface area contributed by atoms with Gasteiger partial charge in [-0.25, -0.2) is 0 Å². The van der Waals surface area contributed by atoms with E-state index in [0.29, 0.717) is 30.4 Å². The van der Waals surface area contributed by atoms with Crippen molar-refractivity contribution in [1.29, 1.82) is 0 Å². The van der Waals surface area contributed by atoms with Gasteiger partial charge in [0.2, 0.25) is 0 Å². The van der Waals surface area contributed by atoms with Gasteiger partial charge in [-0.1, -0.05) is 35.0 Å². The van der Waals surface area contributed by atoms with Crippen LogP contribution < -0.4 is 10.6 Å². The predicted octanol–water partition coefficient (Wildman–Crippen LogP) is 3.22. The number of rotatable bonds is 7. The van der Waals surface area contributed by atoms with E-state index in [1.807, 2.05) is 30.3 Å². The normalized spacial score (nSPS) is 15.2. The molecule has 1 saturated carbocycles. The second-order valence-electron chi connectivity index (χ2n) is 7.12. The molecule has 0 amide bonds. The van der Waals surface area contributed by atoms with Crippen LogP contribution in [0.4, 0.5) is 0 Å². The highest BCUT2D eigenvalue weighted by atomic mass is 35.5. The molecule has 1 aliphatic carbocycles. The molecular formula is C21H23ClN6O. The Morgan fingerprint density at radius 1 is 1.21 bits per heavy atom. The Labute approximate surface area is 174 Å². The average Bonchev–Trinajstić information content (AvgIpc) is 3.40. The van der Waals surface area contributed by atoms with Gasteiger partial charge in [0.05, 0.1) is 0 Å². The number of nitrogens with one attached hydrogen (secondary N) is 2. The number of aliphatic imine (C=N–C) groups is 1. The summed E-state index contributed by atoms with van der Waals surface area (Å²) in [6.07, 6.45) is 4.62. The lowest BCUT2D eigenvalue weighted by Crippen LogP contribution is -2.42. The molecule has 0 radical (unpaired) electrons. The SMILES string of the molecule is CN=C(NCCc1noc(-c2ccccn2)n1)NCC1(c2cccc(Cl)c2)CC1. The summed E-state index contributed by atoms with van der Waals surface area (Å²) in [5.74, 6) is 1.82. The first-order chi connectivity index (χ1) is 14.2. The minimum absolute atomic E-state index is 0.147. The molecule has 7 nitrogen and oxygen atoms in total. The van der Waals surface area contributed by atoms with E-state index in [0.717, 1.165) is 30.4 Å². The van der Waals surface area contributed by atoms with Crippen molar-refractivity contribution in [1.82, 2.24) is 25.8 Å². The Bertz CT molecular complexity index is 984. The van der Waals surface area contributed by atoms with Crippen LogP contribution in [-0.4, -0.2) is 41.2 Å². The zero-order valence-corrected chi connectivity index (χ0v) is 17.0. The minimum atomic E-state index is 0.147. The fraction of sp³-hybridized carbons (Fsp3) is 0.333. The summed E-state index contributed by atoms with van der Waals surface area (Å²) in [4.78, 5) is 12.9. The highest BCUT2D eigenvalue weighted by Gasteiger charge is 2.44. The van der Waals surface area contributed by atoms with Gasteiger partial charge < -0.3 is 15.2 Å². The fourth-order valence-corrected chi connectivity index (χ4v) is 3.44. The third-order valence-electron chi connectivity index (χ3n) is 5.10. The molecular weight excluding hydrogens is 388 g/mol. The van der Waals surface area contributed by atoms with E-state index in [1.54, 1.807) is 13.2 Å². The van der Waals surface area contributed by atoms with Gasteiger partial charge in [0.15, 0.2) is 11.8 Å². The summed E-state index contributed by atoms with van der Waals surface area (Å²) in [6.45, 7) is 1.46. The lowest BCUT2D eigenvalue weighted by Gasteiger charge is -2.19. The van der Waals surface area contributed by atoms with Crippen molar-refractivity contribution in [3.05, 3.63) is 65.1 Å². The minimum Gasteiger partial charge on any atom is -0.356 e. The van der Waals surface area contributed by atoms with Crippen molar-refractivity contribution in [2.75, 3.05) is 20.1 Å². The molecule has 1 aromatic carbocycles. The molecule has 2 N–H and O–H groups in total. The summed E-state index contributed by atoms with van der Waals surface area (Å²) in [6, 6.07) is 13.7. The van der Waals surface area contributed by atoms with E-state index in [2.05, 4.69) is 42.9 Å². The Morgan fingerprint density at radius 3 is 2.83 bits per heavy atom. The Kier molecular flexibility index (Phi) is 5.76. The van der Waals surface area contributed by atoms with Crippen molar-refractivity contribution in [2.24, 2.45) is 4.99 Å². The smallest absolute Gasteiger partial charge is 0.276 e. The zero-order valence-electron chi connectivity index (χ0n) is 16.2. The van der Waals surface area contributed by atoms with Crippen LogP contribution in [-0.2, 0) is 11.8 Å². The molecule has 0 unspecified atom stereocenters. The average molecular weight is 411 g/mol. The van der Waals surface area contributed by atoms with E-state index in [1.165, 1.54) is 5.56 Å². The zero-order chi connectivity index (χ0) is 20.1. The number of halogens is 1. The number of guanidine groups is 1. The van der Waals surface area contributed by atoms with Gasteiger partial charge in [0, 0.05) is 43.2 Å². The largest absolute Gasteiger partial charge is 0.356 e. The second-order valence-corrected chi connectivity index (χ2v) is 7.56. The Balaban J connectivity index is 1.27. The number of benzene rings is 1. The standard InChI is InChI=1S/C21H23ClN6O/c1-23-20(26-14-21(9-10-21)15-5-4-6-16(22)13-15)25-12-8-18-27-19(29-28-18)17-7-2-3-11-24-17/h2-7,11,13H,8-10,12,14H2,1H3,(H2,23,25,26). The molecule has 0 aliphatic heterocycles. The molecule has 1 fully saturated rings. The van der Waals surface area contributed by atoms with Crippen molar-refractivity contribution in [3.63, 3.8) is 0 Å². The predicted molar refractivity (Wildman–Crippen MR) is 113 cm³/mol.